The van der Waals surface area contributed by atoms with Crippen LogP contribution in [0.15, 0.2) is 18.5 Å². The Labute approximate surface area is 178 Å². The van der Waals surface area contributed by atoms with Crippen molar-refractivity contribution in [3.63, 3.8) is 0 Å². The summed E-state index contributed by atoms with van der Waals surface area (Å²) in [6.07, 6.45) is 5.19. The molecule has 0 unspecified atom stereocenters. The Hall–Kier alpha value is -2.77. The standard InChI is InChI=1S/C22H34N4O4/c1-6-7-8-10-23-20-16-13-19(18(28-5)14-17(16)25-15-26-20)29-12-9-11-24-21(27)30-22(2,3)4/h13-15H,6-12H2,1-5H3,(H,24,27)(H,23,25,26). The predicted octanol–water partition coefficient (Wildman–Crippen LogP) is 4.53. The van der Waals surface area contributed by atoms with Crippen molar-refractivity contribution in [3.05, 3.63) is 18.5 Å². The van der Waals surface area contributed by atoms with Crippen molar-refractivity contribution in [3.8, 4) is 11.5 Å². The van der Waals surface area contributed by atoms with Crippen LogP contribution in [0.5, 0.6) is 11.5 Å². The molecule has 0 saturated carbocycles. The molecule has 0 bridgehead atoms. The first kappa shape index (κ1) is 23.5. The van der Waals surface area contributed by atoms with Crippen molar-refractivity contribution in [2.24, 2.45) is 0 Å². The maximum Gasteiger partial charge on any atom is 0.407 e. The van der Waals surface area contributed by atoms with Gasteiger partial charge in [0.25, 0.3) is 0 Å². The Bertz CT molecular complexity index is 821. The van der Waals surface area contributed by atoms with Crippen LogP contribution in [0.2, 0.25) is 0 Å². The van der Waals surface area contributed by atoms with Crippen LogP contribution in [-0.4, -0.2) is 48.5 Å². The van der Waals surface area contributed by atoms with E-state index in [1.54, 1.807) is 13.4 Å². The van der Waals surface area contributed by atoms with Gasteiger partial charge in [0, 0.05) is 24.5 Å². The number of methoxy groups -OCH3 is 1. The van der Waals surface area contributed by atoms with Crippen LogP contribution in [-0.2, 0) is 4.74 Å². The second-order valence-electron chi connectivity index (χ2n) is 8.01. The first-order valence-electron chi connectivity index (χ1n) is 10.5. The Morgan fingerprint density at radius 2 is 1.87 bits per heavy atom. The van der Waals surface area contributed by atoms with Crippen LogP contribution in [0.3, 0.4) is 0 Å². The lowest BCUT2D eigenvalue weighted by atomic mass is 10.2. The highest BCUT2D eigenvalue weighted by Gasteiger charge is 2.15. The number of fused-ring (bicyclic) bond motifs is 1. The molecule has 166 valence electrons. The Morgan fingerprint density at radius 1 is 1.07 bits per heavy atom. The summed E-state index contributed by atoms with van der Waals surface area (Å²) in [5, 5.41) is 7.00. The number of anilines is 1. The van der Waals surface area contributed by atoms with E-state index in [4.69, 9.17) is 14.2 Å². The molecule has 0 spiro atoms. The van der Waals surface area contributed by atoms with Crippen molar-refractivity contribution in [1.29, 1.82) is 0 Å². The molecule has 1 aromatic heterocycles. The molecule has 0 saturated heterocycles. The summed E-state index contributed by atoms with van der Waals surface area (Å²) < 4.78 is 16.6. The fourth-order valence-electron chi connectivity index (χ4n) is 2.82. The number of alkyl carbamates (subject to hydrolysis) is 1. The number of nitrogens with zero attached hydrogens (tertiary/aromatic N) is 2. The normalized spacial score (nSPS) is 11.2. The molecule has 2 N–H and O–H groups in total. The summed E-state index contributed by atoms with van der Waals surface area (Å²) in [4.78, 5) is 20.4. The third-order valence-corrected chi connectivity index (χ3v) is 4.24. The third kappa shape index (κ3) is 7.57. The number of benzene rings is 1. The van der Waals surface area contributed by atoms with Crippen molar-refractivity contribution in [1.82, 2.24) is 15.3 Å². The van der Waals surface area contributed by atoms with E-state index in [0.717, 1.165) is 29.7 Å². The SMILES string of the molecule is CCCCCNc1ncnc2cc(OC)c(OCCCNC(=O)OC(C)(C)C)cc12. The highest BCUT2D eigenvalue weighted by molar-refractivity contribution is 5.91. The summed E-state index contributed by atoms with van der Waals surface area (Å²) in [5.74, 6) is 2.02. The van der Waals surface area contributed by atoms with E-state index >= 15 is 0 Å². The molecule has 8 nitrogen and oxygen atoms in total. The summed E-state index contributed by atoms with van der Waals surface area (Å²) in [7, 11) is 1.60. The van der Waals surface area contributed by atoms with Crippen LogP contribution in [0.4, 0.5) is 10.6 Å². The molecule has 0 aliphatic carbocycles. The second kappa shape index (κ2) is 11.4. The van der Waals surface area contributed by atoms with Crippen LogP contribution >= 0.6 is 0 Å². The van der Waals surface area contributed by atoms with Gasteiger partial charge in [0.1, 0.15) is 17.7 Å². The average Bonchev–Trinajstić information content (AvgIpc) is 2.69. The van der Waals surface area contributed by atoms with Crippen molar-refractivity contribution >= 4 is 22.8 Å². The number of hydrogen-bond donors (Lipinski definition) is 2. The number of nitrogens with one attached hydrogen (secondary N) is 2. The Kier molecular flexibility index (Phi) is 8.95. The van der Waals surface area contributed by atoms with Gasteiger partial charge < -0.3 is 24.8 Å². The van der Waals surface area contributed by atoms with E-state index in [-0.39, 0.29) is 0 Å². The van der Waals surface area contributed by atoms with Gasteiger partial charge in [-0.1, -0.05) is 19.8 Å². The minimum atomic E-state index is -0.511. The molecule has 2 rings (SSSR count). The Morgan fingerprint density at radius 3 is 2.57 bits per heavy atom. The van der Waals surface area contributed by atoms with Crippen LogP contribution in [0.25, 0.3) is 10.9 Å². The van der Waals surface area contributed by atoms with E-state index in [1.807, 2.05) is 32.9 Å². The summed E-state index contributed by atoms with van der Waals surface area (Å²) in [6.45, 7) is 9.41. The molecule has 1 amide bonds. The van der Waals surface area contributed by atoms with Gasteiger partial charge >= 0.3 is 6.09 Å². The number of ether oxygens (including phenoxy) is 3. The number of rotatable bonds is 11. The monoisotopic (exact) mass is 418 g/mol. The lowest BCUT2D eigenvalue weighted by molar-refractivity contribution is 0.0525. The van der Waals surface area contributed by atoms with Gasteiger partial charge in [-0.2, -0.15) is 0 Å². The smallest absolute Gasteiger partial charge is 0.407 e. The van der Waals surface area contributed by atoms with E-state index in [2.05, 4.69) is 27.5 Å². The van der Waals surface area contributed by atoms with Gasteiger partial charge in [-0.15, -0.1) is 0 Å². The van der Waals surface area contributed by atoms with Crippen molar-refractivity contribution in [2.45, 2.75) is 59.0 Å². The van der Waals surface area contributed by atoms with Crippen LogP contribution < -0.4 is 20.1 Å². The molecule has 0 aliphatic heterocycles. The number of carbonyl (C=O) groups excluding carboxylic acids is 1. The topological polar surface area (TPSA) is 94.6 Å². The molecule has 1 aromatic carbocycles. The van der Waals surface area contributed by atoms with Gasteiger partial charge in [0.15, 0.2) is 11.5 Å². The fraction of sp³-hybridized carbons (Fsp3) is 0.591. The number of carbonyl (C=O) groups is 1. The van der Waals surface area contributed by atoms with Crippen LogP contribution in [0, 0.1) is 0 Å². The Balaban J connectivity index is 1.97. The minimum absolute atomic E-state index is 0.421. The molecule has 0 fully saturated rings. The zero-order chi connectivity index (χ0) is 22.0. The van der Waals surface area contributed by atoms with Crippen molar-refractivity contribution in [2.75, 3.05) is 32.1 Å². The van der Waals surface area contributed by atoms with Crippen molar-refractivity contribution < 1.29 is 19.0 Å². The number of hydrogen-bond acceptors (Lipinski definition) is 7. The third-order valence-electron chi connectivity index (χ3n) is 4.24. The quantitative estimate of drug-likeness (QED) is 0.518. The van der Waals surface area contributed by atoms with Gasteiger partial charge in [0.05, 0.1) is 19.2 Å². The molecular weight excluding hydrogens is 384 g/mol. The molecule has 2 aromatic rings. The lowest BCUT2D eigenvalue weighted by Crippen LogP contribution is -2.33. The fourth-order valence-corrected chi connectivity index (χ4v) is 2.82. The minimum Gasteiger partial charge on any atom is -0.493 e. The van der Waals surface area contributed by atoms with E-state index in [1.165, 1.54) is 12.8 Å². The number of unbranched alkanes of at least 4 members (excludes halogenated alkanes) is 2. The highest BCUT2D eigenvalue weighted by atomic mass is 16.6. The van der Waals surface area contributed by atoms with Gasteiger partial charge in [-0.05, 0) is 39.7 Å². The molecule has 0 radical (unpaired) electrons. The van der Waals surface area contributed by atoms with E-state index in [0.29, 0.717) is 31.1 Å². The molecule has 0 aliphatic rings. The molecule has 1 heterocycles. The number of aromatic nitrogens is 2. The zero-order valence-corrected chi connectivity index (χ0v) is 18.7. The first-order valence-corrected chi connectivity index (χ1v) is 10.5. The molecule has 0 atom stereocenters. The summed E-state index contributed by atoms with van der Waals surface area (Å²) >= 11 is 0. The van der Waals surface area contributed by atoms with Gasteiger partial charge in [0.2, 0.25) is 0 Å². The maximum atomic E-state index is 11.7. The largest absolute Gasteiger partial charge is 0.493 e. The number of amides is 1. The lowest BCUT2D eigenvalue weighted by Gasteiger charge is -2.19. The maximum absolute atomic E-state index is 11.7. The molecule has 8 heteroatoms. The van der Waals surface area contributed by atoms with Gasteiger partial charge in [-0.25, -0.2) is 14.8 Å². The second-order valence-corrected chi connectivity index (χ2v) is 8.01. The summed E-state index contributed by atoms with van der Waals surface area (Å²) in [6, 6.07) is 3.75. The predicted molar refractivity (Wildman–Crippen MR) is 118 cm³/mol. The van der Waals surface area contributed by atoms with E-state index < -0.39 is 11.7 Å². The first-order chi connectivity index (χ1) is 14.3. The highest BCUT2D eigenvalue weighted by Crippen LogP contribution is 2.34. The average molecular weight is 419 g/mol. The summed E-state index contributed by atoms with van der Waals surface area (Å²) in [5.41, 5.74) is 0.280. The van der Waals surface area contributed by atoms with E-state index in [9.17, 15) is 4.79 Å². The van der Waals surface area contributed by atoms with Crippen LogP contribution in [0.1, 0.15) is 53.4 Å². The molecule has 30 heavy (non-hydrogen) atoms. The zero-order valence-electron chi connectivity index (χ0n) is 18.7. The molecular formula is C22H34N4O4. The van der Waals surface area contributed by atoms with Gasteiger partial charge in [-0.3, -0.25) is 0 Å².